The number of ether oxygens (including phenoxy) is 1. The third kappa shape index (κ3) is 3.31. The maximum Gasteiger partial charge on any atom is 0.119 e. The van der Waals surface area contributed by atoms with Gasteiger partial charge in [0.25, 0.3) is 0 Å². The van der Waals surface area contributed by atoms with E-state index in [0.717, 1.165) is 23.0 Å². The number of nitrogens with zero attached hydrogens (tertiary/aromatic N) is 1. The molecule has 0 bridgehead atoms. The molecule has 18 heavy (non-hydrogen) atoms. The number of aromatic nitrogens is 1. The maximum absolute atomic E-state index is 5.23. The fourth-order valence-corrected chi connectivity index (χ4v) is 2.48. The summed E-state index contributed by atoms with van der Waals surface area (Å²) < 4.78 is 5.23. The molecule has 0 unspecified atom stereocenters. The van der Waals surface area contributed by atoms with Crippen molar-refractivity contribution in [2.24, 2.45) is 0 Å². The lowest BCUT2D eigenvalue weighted by molar-refractivity contribution is 0.413. The lowest BCUT2D eigenvalue weighted by Gasteiger charge is -2.14. The lowest BCUT2D eigenvalue weighted by Crippen LogP contribution is -2.18. The number of methoxy groups -OCH3 is 1. The van der Waals surface area contributed by atoms with Crippen LogP contribution in [0.1, 0.15) is 29.2 Å². The van der Waals surface area contributed by atoms with E-state index in [0.29, 0.717) is 0 Å². The molecule has 1 heterocycles. The second kappa shape index (κ2) is 5.98. The predicted octanol–water partition coefficient (Wildman–Crippen LogP) is 3.31. The van der Waals surface area contributed by atoms with Crippen molar-refractivity contribution in [1.82, 2.24) is 10.3 Å². The van der Waals surface area contributed by atoms with Crippen molar-refractivity contribution in [3.8, 4) is 5.75 Å². The van der Waals surface area contributed by atoms with Crippen LogP contribution in [-0.2, 0) is 6.54 Å². The van der Waals surface area contributed by atoms with Gasteiger partial charge in [0, 0.05) is 23.7 Å². The zero-order valence-electron chi connectivity index (χ0n) is 10.9. The van der Waals surface area contributed by atoms with Crippen molar-refractivity contribution in [3.63, 3.8) is 0 Å². The molecule has 0 aliphatic heterocycles. The topological polar surface area (TPSA) is 34.1 Å². The van der Waals surface area contributed by atoms with Crippen molar-refractivity contribution >= 4 is 11.3 Å². The van der Waals surface area contributed by atoms with Gasteiger partial charge in [-0.05, 0) is 31.5 Å². The minimum Gasteiger partial charge on any atom is -0.497 e. The number of benzene rings is 1. The van der Waals surface area contributed by atoms with Gasteiger partial charge in [-0.25, -0.2) is 4.98 Å². The Morgan fingerprint density at radius 2 is 2.28 bits per heavy atom. The minimum atomic E-state index is 0.282. The molecule has 0 spiro atoms. The Bertz CT molecular complexity index is 510. The van der Waals surface area contributed by atoms with Crippen LogP contribution in [0.5, 0.6) is 5.75 Å². The average molecular weight is 262 g/mol. The third-order valence-electron chi connectivity index (χ3n) is 2.82. The van der Waals surface area contributed by atoms with Crippen LogP contribution in [0, 0.1) is 6.92 Å². The van der Waals surface area contributed by atoms with E-state index in [9.17, 15) is 0 Å². The van der Waals surface area contributed by atoms with Crippen molar-refractivity contribution in [1.29, 1.82) is 0 Å². The standard InChI is InChI=1S/C14H18N2OS/c1-10-9-18-14(16-10)8-15-11(2)12-5-4-6-13(7-12)17-3/h4-7,9,11,15H,8H2,1-3H3/t11-/m1/s1. The predicted molar refractivity (Wildman–Crippen MR) is 75.1 cm³/mol. The number of hydrogen-bond acceptors (Lipinski definition) is 4. The molecule has 0 fully saturated rings. The van der Waals surface area contributed by atoms with Crippen molar-refractivity contribution in [3.05, 3.63) is 45.9 Å². The van der Waals surface area contributed by atoms with Gasteiger partial charge in [-0.1, -0.05) is 12.1 Å². The first kappa shape index (κ1) is 13.1. The molecule has 1 atom stereocenters. The maximum atomic E-state index is 5.23. The van der Waals surface area contributed by atoms with Crippen LogP contribution >= 0.6 is 11.3 Å². The van der Waals surface area contributed by atoms with E-state index in [2.05, 4.69) is 34.7 Å². The smallest absolute Gasteiger partial charge is 0.119 e. The molecular formula is C14H18N2OS. The molecule has 3 nitrogen and oxygen atoms in total. The van der Waals surface area contributed by atoms with Gasteiger partial charge in [-0.3, -0.25) is 0 Å². The van der Waals surface area contributed by atoms with Crippen molar-refractivity contribution in [2.45, 2.75) is 26.4 Å². The number of hydrogen-bond donors (Lipinski definition) is 1. The van der Waals surface area contributed by atoms with E-state index >= 15 is 0 Å². The average Bonchev–Trinajstić information content (AvgIpc) is 2.82. The van der Waals surface area contributed by atoms with Gasteiger partial charge >= 0.3 is 0 Å². The first-order valence-corrected chi connectivity index (χ1v) is 6.85. The molecule has 0 saturated carbocycles. The second-order valence-corrected chi connectivity index (χ2v) is 5.20. The molecule has 0 amide bonds. The third-order valence-corrected chi connectivity index (χ3v) is 3.79. The number of rotatable bonds is 5. The highest BCUT2D eigenvalue weighted by atomic mass is 32.1. The highest BCUT2D eigenvalue weighted by molar-refractivity contribution is 7.09. The first-order chi connectivity index (χ1) is 8.69. The van der Waals surface area contributed by atoms with E-state index in [1.807, 2.05) is 19.1 Å². The summed E-state index contributed by atoms with van der Waals surface area (Å²) in [6.45, 7) is 4.97. The zero-order chi connectivity index (χ0) is 13.0. The number of aryl methyl sites for hydroxylation is 1. The summed E-state index contributed by atoms with van der Waals surface area (Å²) >= 11 is 1.70. The number of nitrogens with one attached hydrogen (secondary N) is 1. The normalized spacial score (nSPS) is 12.4. The molecule has 0 saturated heterocycles. The van der Waals surface area contributed by atoms with Gasteiger partial charge in [0.05, 0.1) is 7.11 Å². The van der Waals surface area contributed by atoms with Crippen LogP contribution in [0.15, 0.2) is 29.6 Å². The minimum absolute atomic E-state index is 0.282. The second-order valence-electron chi connectivity index (χ2n) is 4.26. The SMILES string of the molecule is COc1cccc([C@@H](C)NCc2nc(C)cs2)c1. The summed E-state index contributed by atoms with van der Waals surface area (Å²) in [5, 5.41) is 6.68. The molecule has 1 aromatic carbocycles. The van der Waals surface area contributed by atoms with Gasteiger partial charge in [-0.15, -0.1) is 11.3 Å². The zero-order valence-corrected chi connectivity index (χ0v) is 11.8. The summed E-state index contributed by atoms with van der Waals surface area (Å²) in [5.74, 6) is 0.895. The Morgan fingerprint density at radius 1 is 1.44 bits per heavy atom. The summed E-state index contributed by atoms with van der Waals surface area (Å²) in [7, 11) is 1.69. The molecule has 1 aromatic heterocycles. The molecule has 1 N–H and O–H groups in total. The molecule has 96 valence electrons. The van der Waals surface area contributed by atoms with Crippen LogP contribution in [0.2, 0.25) is 0 Å². The molecule has 0 aliphatic rings. The quantitative estimate of drug-likeness (QED) is 0.897. The fourth-order valence-electron chi connectivity index (χ4n) is 1.75. The molecule has 0 aliphatic carbocycles. The van der Waals surface area contributed by atoms with Crippen LogP contribution in [0.25, 0.3) is 0 Å². The van der Waals surface area contributed by atoms with E-state index < -0.39 is 0 Å². The molecule has 4 heteroatoms. The van der Waals surface area contributed by atoms with Crippen LogP contribution in [0.3, 0.4) is 0 Å². The van der Waals surface area contributed by atoms with Gasteiger partial charge in [0.1, 0.15) is 10.8 Å². The Morgan fingerprint density at radius 3 is 2.94 bits per heavy atom. The summed E-state index contributed by atoms with van der Waals surface area (Å²) in [5.41, 5.74) is 2.31. The Hall–Kier alpha value is -1.39. The Kier molecular flexibility index (Phi) is 4.33. The summed E-state index contributed by atoms with van der Waals surface area (Å²) in [6, 6.07) is 8.42. The summed E-state index contributed by atoms with van der Waals surface area (Å²) in [4.78, 5) is 4.44. The largest absolute Gasteiger partial charge is 0.497 e. The fraction of sp³-hybridized carbons (Fsp3) is 0.357. The van der Waals surface area contributed by atoms with Gasteiger partial charge in [0.2, 0.25) is 0 Å². The van der Waals surface area contributed by atoms with Gasteiger partial charge in [-0.2, -0.15) is 0 Å². The highest BCUT2D eigenvalue weighted by Gasteiger charge is 2.07. The van der Waals surface area contributed by atoms with Crippen LogP contribution in [-0.4, -0.2) is 12.1 Å². The number of thiazole rings is 1. The monoisotopic (exact) mass is 262 g/mol. The molecule has 2 aromatic rings. The van der Waals surface area contributed by atoms with E-state index in [1.165, 1.54) is 5.56 Å². The lowest BCUT2D eigenvalue weighted by atomic mass is 10.1. The molecule has 2 rings (SSSR count). The van der Waals surface area contributed by atoms with Gasteiger partial charge in [0.15, 0.2) is 0 Å². The van der Waals surface area contributed by atoms with Crippen LogP contribution in [0.4, 0.5) is 0 Å². The Balaban J connectivity index is 1.96. The first-order valence-electron chi connectivity index (χ1n) is 5.97. The van der Waals surface area contributed by atoms with E-state index in [4.69, 9.17) is 4.74 Å². The highest BCUT2D eigenvalue weighted by Crippen LogP contribution is 2.19. The van der Waals surface area contributed by atoms with E-state index in [1.54, 1.807) is 18.4 Å². The van der Waals surface area contributed by atoms with Crippen molar-refractivity contribution in [2.75, 3.05) is 7.11 Å². The van der Waals surface area contributed by atoms with E-state index in [-0.39, 0.29) is 6.04 Å². The summed E-state index contributed by atoms with van der Waals surface area (Å²) in [6.07, 6.45) is 0. The molecule has 0 radical (unpaired) electrons. The van der Waals surface area contributed by atoms with Crippen molar-refractivity contribution < 1.29 is 4.74 Å². The van der Waals surface area contributed by atoms with Gasteiger partial charge < -0.3 is 10.1 Å². The molecular weight excluding hydrogens is 244 g/mol. The van der Waals surface area contributed by atoms with Crippen LogP contribution < -0.4 is 10.1 Å². The Labute approximate surface area is 112 Å².